The van der Waals surface area contributed by atoms with Gasteiger partial charge in [-0.2, -0.15) is 0 Å². The summed E-state index contributed by atoms with van der Waals surface area (Å²) in [6.45, 7) is 1.97. The Kier molecular flexibility index (Phi) is 4.98. The van der Waals surface area contributed by atoms with Crippen LogP contribution in [0, 0.1) is 6.92 Å². The van der Waals surface area contributed by atoms with Gasteiger partial charge in [-0.05, 0) is 37.5 Å². The number of aliphatic hydroxyl groups is 1. The number of amides is 1. The molecule has 2 fully saturated rings. The molecular weight excluding hydrogens is 374 g/mol. The van der Waals surface area contributed by atoms with Crippen LogP contribution in [0.2, 0.25) is 5.02 Å². The zero-order valence-corrected chi connectivity index (χ0v) is 16.4. The molecule has 1 amide bonds. The van der Waals surface area contributed by atoms with Crippen molar-refractivity contribution in [3.63, 3.8) is 0 Å². The van der Waals surface area contributed by atoms with Crippen molar-refractivity contribution in [2.45, 2.75) is 44.7 Å². The number of halogens is 1. The van der Waals surface area contributed by atoms with E-state index in [-0.39, 0.29) is 17.4 Å². The molecule has 2 aliphatic rings. The first-order valence-electron chi connectivity index (χ1n) is 9.60. The fourth-order valence-electron chi connectivity index (χ4n) is 4.37. The number of Topliss-reactive ketones (excluding diaryl/α,β-unsaturated/α-hetero) is 1. The average molecular weight is 396 g/mol. The van der Waals surface area contributed by atoms with Gasteiger partial charge in [-0.1, -0.05) is 66.4 Å². The molecule has 1 heterocycles. The lowest BCUT2D eigenvalue weighted by molar-refractivity contribution is -0.141. The van der Waals surface area contributed by atoms with E-state index in [0.29, 0.717) is 10.6 Å². The molecule has 1 unspecified atom stereocenters. The monoisotopic (exact) mass is 395 g/mol. The lowest BCUT2D eigenvalue weighted by Crippen LogP contribution is -2.37. The Bertz CT molecular complexity index is 975. The standard InChI is InChI=1S/C23H22ClNO3/c1-14-6-4-7-15(12-14)20-19(21(26)16-8-5-9-17(24)13-16)22(27)23(28)25(20)18-10-2-3-11-18/h4-9,12-13,18,20,26H,2-3,10-11H2,1H3/b21-19-. The fraction of sp³-hybridized carbons (Fsp3) is 0.304. The van der Waals surface area contributed by atoms with E-state index in [9.17, 15) is 14.7 Å². The Hall–Kier alpha value is -2.59. The summed E-state index contributed by atoms with van der Waals surface area (Å²) in [6.07, 6.45) is 3.85. The maximum atomic E-state index is 13.0. The molecule has 2 aromatic carbocycles. The highest BCUT2D eigenvalue weighted by molar-refractivity contribution is 6.46. The molecule has 28 heavy (non-hydrogen) atoms. The summed E-state index contributed by atoms with van der Waals surface area (Å²) in [6, 6.07) is 13.9. The van der Waals surface area contributed by atoms with Crippen molar-refractivity contribution < 1.29 is 14.7 Å². The first-order valence-corrected chi connectivity index (χ1v) is 9.98. The Morgan fingerprint density at radius 2 is 1.79 bits per heavy atom. The largest absolute Gasteiger partial charge is 0.507 e. The Balaban J connectivity index is 1.90. The second-order valence-electron chi connectivity index (χ2n) is 7.57. The maximum absolute atomic E-state index is 13.0. The van der Waals surface area contributed by atoms with E-state index in [0.717, 1.165) is 36.8 Å². The minimum Gasteiger partial charge on any atom is -0.507 e. The van der Waals surface area contributed by atoms with Gasteiger partial charge in [-0.3, -0.25) is 9.59 Å². The van der Waals surface area contributed by atoms with Gasteiger partial charge in [0.2, 0.25) is 0 Å². The third-order valence-electron chi connectivity index (χ3n) is 5.65. The molecule has 5 heteroatoms. The maximum Gasteiger partial charge on any atom is 0.295 e. The number of hydrogen-bond acceptors (Lipinski definition) is 3. The van der Waals surface area contributed by atoms with Crippen LogP contribution in [0.3, 0.4) is 0 Å². The van der Waals surface area contributed by atoms with Crippen molar-refractivity contribution >= 4 is 29.1 Å². The molecule has 2 aromatic rings. The van der Waals surface area contributed by atoms with Crippen LogP contribution in [0.5, 0.6) is 0 Å². The van der Waals surface area contributed by atoms with E-state index in [4.69, 9.17) is 11.6 Å². The minimum absolute atomic E-state index is 0.0200. The number of rotatable bonds is 3. The number of hydrogen-bond donors (Lipinski definition) is 1. The zero-order valence-electron chi connectivity index (χ0n) is 15.7. The fourth-order valence-corrected chi connectivity index (χ4v) is 4.56. The predicted molar refractivity (Wildman–Crippen MR) is 109 cm³/mol. The van der Waals surface area contributed by atoms with Crippen LogP contribution in [0.15, 0.2) is 54.1 Å². The normalized spacial score (nSPS) is 22.2. The number of carbonyl (C=O) groups is 2. The van der Waals surface area contributed by atoms with Gasteiger partial charge in [0.1, 0.15) is 5.76 Å². The van der Waals surface area contributed by atoms with Crippen LogP contribution in [0.4, 0.5) is 0 Å². The summed E-state index contributed by atoms with van der Waals surface area (Å²) < 4.78 is 0. The predicted octanol–water partition coefficient (Wildman–Crippen LogP) is 5.01. The lowest BCUT2D eigenvalue weighted by atomic mass is 9.94. The summed E-state index contributed by atoms with van der Waals surface area (Å²) >= 11 is 6.07. The van der Waals surface area contributed by atoms with Crippen molar-refractivity contribution in [3.8, 4) is 0 Å². The number of ketones is 1. The molecule has 4 rings (SSSR count). The van der Waals surface area contributed by atoms with E-state index in [1.165, 1.54) is 0 Å². The molecule has 1 aliphatic heterocycles. The highest BCUT2D eigenvalue weighted by Gasteiger charge is 2.49. The van der Waals surface area contributed by atoms with Gasteiger partial charge in [0.15, 0.2) is 0 Å². The van der Waals surface area contributed by atoms with Crippen LogP contribution in [-0.2, 0) is 9.59 Å². The Morgan fingerprint density at radius 3 is 2.46 bits per heavy atom. The van der Waals surface area contributed by atoms with Crippen LogP contribution in [0.1, 0.15) is 48.4 Å². The van der Waals surface area contributed by atoms with Gasteiger partial charge < -0.3 is 10.0 Å². The summed E-state index contributed by atoms with van der Waals surface area (Å²) in [5, 5.41) is 11.5. The van der Waals surface area contributed by atoms with Crippen LogP contribution >= 0.6 is 11.6 Å². The number of aliphatic hydroxyl groups excluding tert-OH is 1. The number of nitrogens with zero attached hydrogens (tertiary/aromatic N) is 1. The molecule has 1 saturated carbocycles. The second-order valence-corrected chi connectivity index (χ2v) is 8.01. The van der Waals surface area contributed by atoms with E-state index < -0.39 is 17.7 Å². The summed E-state index contributed by atoms with van der Waals surface area (Å²) in [5.74, 6) is -1.33. The Labute approximate surface area is 169 Å². The van der Waals surface area contributed by atoms with Gasteiger partial charge in [0.25, 0.3) is 11.7 Å². The summed E-state index contributed by atoms with van der Waals surface area (Å²) in [7, 11) is 0. The molecule has 4 nitrogen and oxygen atoms in total. The van der Waals surface area contributed by atoms with E-state index >= 15 is 0 Å². The number of aryl methyl sites for hydroxylation is 1. The van der Waals surface area contributed by atoms with E-state index in [2.05, 4.69) is 0 Å². The SMILES string of the molecule is Cc1cccc(C2/C(=C(/O)c3cccc(Cl)c3)C(=O)C(=O)N2C2CCCC2)c1. The first kappa shape index (κ1) is 18.8. The molecule has 0 spiro atoms. The van der Waals surface area contributed by atoms with Crippen LogP contribution in [-0.4, -0.2) is 27.7 Å². The van der Waals surface area contributed by atoms with Gasteiger partial charge in [0.05, 0.1) is 11.6 Å². The average Bonchev–Trinajstić information content (AvgIpc) is 3.28. The van der Waals surface area contributed by atoms with E-state index in [1.807, 2.05) is 31.2 Å². The molecule has 144 valence electrons. The second kappa shape index (κ2) is 7.44. The highest BCUT2D eigenvalue weighted by atomic mass is 35.5. The van der Waals surface area contributed by atoms with Gasteiger partial charge in [0, 0.05) is 16.6 Å². The highest BCUT2D eigenvalue weighted by Crippen LogP contribution is 2.43. The smallest absolute Gasteiger partial charge is 0.295 e. The topological polar surface area (TPSA) is 57.6 Å². The summed E-state index contributed by atoms with van der Waals surface area (Å²) in [5.41, 5.74) is 2.46. The molecular formula is C23H22ClNO3. The van der Waals surface area contributed by atoms with Gasteiger partial charge in [-0.15, -0.1) is 0 Å². The lowest BCUT2D eigenvalue weighted by Gasteiger charge is -2.31. The van der Waals surface area contributed by atoms with Crippen molar-refractivity contribution in [3.05, 3.63) is 75.8 Å². The quantitative estimate of drug-likeness (QED) is 0.451. The molecule has 1 atom stereocenters. The van der Waals surface area contributed by atoms with Crippen LogP contribution < -0.4 is 0 Å². The number of carbonyl (C=O) groups excluding carboxylic acids is 2. The minimum atomic E-state index is -0.629. The number of benzene rings is 2. The Morgan fingerprint density at radius 1 is 1.07 bits per heavy atom. The zero-order chi connectivity index (χ0) is 19.8. The molecule has 1 aliphatic carbocycles. The molecule has 0 bridgehead atoms. The summed E-state index contributed by atoms with van der Waals surface area (Å²) in [4.78, 5) is 27.7. The molecule has 0 aromatic heterocycles. The van der Waals surface area contributed by atoms with Crippen LogP contribution in [0.25, 0.3) is 5.76 Å². The molecule has 0 radical (unpaired) electrons. The van der Waals surface area contributed by atoms with Crippen molar-refractivity contribution in [2.24, 2.45) is 0 Å². The van der Waals surface area contributed by atoms with Crippen molar-refractivity contribution in [1.82, 2.24) is 4.90 Å². The van der Waals surface area contributed by atoms with Crippen molar-refractivity contribution in [1.29, 1.82) is 0 Å². The molecule has 1 N–H and O–H groups in total. The van der Waals surface area contributed by atoms with Gasteiger partial charge in [-0.25, -0.2) is 0 Å². The van der Waals surface area contributed by atoms with Gasteiger partial charge >= 0.3 is 0 Å². The number of likely N-dealkylation sites (tertiary alicyclic amines) is 1. The third-order valence-corrected chi connectivity index (χ3v) is 5.89. The third kappa shape index (κ3) is 3.22. The molecule has 1 saturated heterocycles. The van der Waals surface area contributed by atoms with Crippen molar-refractivity contribution in [2.75, 3.05) is 0 Å². The first-order chi connectivity index (χ1) is 13.5. The van der Waals surface area contributed by atoms with E-state index in [1.54, 1.807) is 29.2 Å².